The van der Waals surface area contributed by atoms with Crippen molar-refractivity contribution in [3.63, 3.8) is 0 Å². The first kappa shape index (κ1) is 14.0. The van der Waals surface area contributed by atoms with E-state index in [0.717, 1.165) is 35.8 Å². The number of benzene rings is 1. The molecule has 1 heterocycles. The number of nitrogens with zero attached hydrogens (tertiary/aromatic N) is 1. The van der Waals surface area contributed by atoms with E-state index in [4.69, 9.17) is 4.74 Å². The molecule has 2 rings (SSSR count). The van der Waals surface area contributed by atoms with Gasteiger partial charge in [0.15, 0.2) is 0 Å². The molecule has 0 aliphatic heterocycles. The van der Waals surface area contributed by atoms with Gasteiger partial charge in [-0.3, -0.25) is 0 Å². The number of nitrogens with one attached hydrogen (secondary N) is 1. The summed E-state index contributed by atoms with van der Waals surface area (Å²) in [6, 6.07) is 8.28. The smallest absolute Gasteiger partial charge is 0.119 e. The molecule has 4 heteroatoms. The molecule has 102 valence electrons. The Kier molecular flexibility index (Phi) is 5.36. The van der Waals surface area contributed by atoms with E-state index in [9.17, 15) is 0 Å². The highest BCUT2D eigenvalue weighted by atomic mass is 32.1. The van der Waals surface area contributed by atoms with Gasteiger partial charge in [0.05, 0.1) is 17.3 Å². The first-order valence-electron chi connectivity index (χ1n) is 6.61. The third-order valence-electron chi connectivity index (χ3n) is 2.85. The zero-order valence-corrected chi connectivity index (χ0v) is 12.3. The summed E-state index contributed by atoms with van der Waals surface area (Å²) in [4.78, 5) is 4.54. The lowest BCUT2D eigenvalue weighted by Crippen LogP contribution is -2.06. The minimum atomic E-state index is 0.680. The van der Waals surface area contributed by atoms with Crippen molar-refractivity contribution in [3.05, 3.63) is 45.9 Å². The molecule has 1 aromatic heterocycles. The van der Waals surface area contributed by atoms with Gasteiger partial charge in [-0.05, 0) is 31.2 Å². The second-order valence-corrected chi connectivity index (χ2v) is 5.30. The van der Waals surface area contributed by atoms with E-state index in [2.05, 4.69) is 34.7 Å². The Morgan fingerprint density at radius 2 is 2.26 bits per heavy atom. The van der Waals surface area contributed by atoms with Crippen LogP contribution in [0, 0.1) is 0 Å². The molecule has 0 aliphatic rings. The van der Waals surface area contributed by atoms with Crippen molar-refractivity contribution in [2.24, 2.45) is 0 Å². The van der Waals surface area contributed by atoms with Crippen LogP contribution in [0.1, 0.15) is 23.2 Å². The molecule has 0 saturated carbocycles. The largest absolute Gasteiger partial charge is 0.493 e. The Morgan fingerprint density at radius 3 is 3.05 bits per heavy atom. The fourth-order valence-electron chi connectivity index (χ4n) is 1.84. The van der Waals surface area contributed by atoms with Gasteiger partial charge in [-0.2, -0.15) is 0 Å². The molecule has 2 aromatic rings. The molecule has 0 fully saturated rings. The van der Waals surface area contributed by atoms with Crippen molar-refractivity contribution in [2.75, 3.05) is 13.7 Å². The van der Waals surface area contributed by atoms with E-state index in [1.165, 1.54) is 5.56 Å². The molecule has 0 saturated heterocycles. The number of hydrogen-bond donors (Lipinski definition) is 1. The standard InChI is InChI=1S/C15H20N2OS/c1-3-12-5-4-6-14(9-12)18-8-7-15-17-13(10-16-2)11-19-15/h4-6,9,11,16H,3,7-8,10H2,1-2H3. The molecule has 0 bridgehead atoms. The highest BCUT2D eigenvalue weighted by Crippen LogP contribution is 2.15. The van der Waals surface area contributed by atoms with Gasteiger partial charge in [0.2, 0.25) is 0 Å². The van der Waals surface area contributed by atoms with Crippen molar-refractivity contribution in [2.45, 2.75) is 26.3 Å². The highest BCUT2D eigenvalue weighted by molar-refractivity contribution is 7.09. The second-order valence-electron chi connectivity index (χ2n) is 4.36. The predicted molar refractivity (Wildman–Crippen MR) is 79.9 cm³/mol. The van der Waals surface area contributed by atoms with E-state index in [-0.39, 0.29) is 0 Å². The average molecular weight is 276 g/mol. The molecular weight excluding hydrogens is 256 g/mol. The molecule has 19 heavy (non-hydrogen) atoms. The summed E-state index contributed by atoms with van der Waals surface area (Å²) in [7, 11) is 1.93. The maximum atomic E-state index is 5.77. The van der Waals surface area contributed by atoms with Crippen LogP contribution >= 0.6 is 11.3 Å². The molecule has 0 radical (unpaired) electrons. The summed E-state index contributed by atoms with van der Waals surface area (Å²) in [6.45, 7) is 3.66. The summed E-state index contributed by atoms with van der Waals surface area (Å²) in [5.41, 5.74) is 2.42. The summed E-state index contributed by atoms with van der Waals surface area (Å²) in [5, 5.41) is 6.34. The van der Waals surface area contributed by atoms with Crippen molar-refractivity contribution in [1.29, 1.82) is 0 Å². The van der Waals surface area contributed by atoms with Crippen LogP contribution in [0.2, 0.25) is 0 Å². The molecule has 1 aromatic carbocycles. The van der Waals surface area contributed by atoms with Gasteiger partial charge >= 0.3 is 0 Å². The number of aryl methyl sites for hydroxylation is 1. The Labute approximate surface area is 118 Å². The van der Waals surface area contributed by atoms with Crippen LogP contribution in [-0.2, 0) is 19.4 Å². The first-order chi connectivity index (χ1) is 9.31. The highest BCUT2D eigenvalue weighted by Gasteiger charge is 2.02. The van der Waals surface area contributed by atoms with Crippen LogP contribution < -0.4 is 10.1 Å². The molecule has 1 N–H and O–H groups in total. The van der Waals surface area contributed by atoms with E-state index in [0.29, 0.717) is 6.61 Å². The predicted octanol–water partition coefficient (Wildman–Crippen LogP) is 3.05. The SMILES string of the molecule is CCc1cccc(OCCc2nc(CNC)cs2)c1. The van der Waals surface area contributed by atoms with Crippen molar-refractivity contribution < 1.29 is 4.74 Å². The van der Waals surface area contributed by atoms with Crippen LogP contribution in [0.15, 0.2) is 29.6 Å². The number of rotatable bonds is 7. The number of thiazole rings is 1. The summed E-state index contributed by atoms with van der Waals surface area (Å²) in [6.07, 6.45) is 1.90. The van der Waals surface area contributed by atoms with E-state index >= 15 is 0 Å². The lowest BCUT2D eigenvalue weighted by Gasteiger charge is -2.06. The monoisotopic (exact) mass is 276 g/mol. The lowest BCUT2D eigenvalue weighted by molar-refractivity contribution is 0.321. The van der Waals surface area contributed by atoms with Crippen LogP contribution in [-0.4, -0.2) is 18.6 Å². The first-order valence-corrected chi connectivity index (χ1v) is 7.49. The van der Waals surface area contributed by atoms with Crippen LogP contribution in [0.4, 0.5) is 0 Å². The van der Waals surface area contributed by atoms with Crippen LogP contribution in [0.5, 0.6) is 5.75 Å². The number of aromatic nitrogens is 1. The zero-order valence-electron chi connectivity index (χ0n) is 11.5. The molecule has 0 spiro atoms. The lowest BCUT2D eigenvalue weighted by atomic mass is 10.2. The van der Waals surface area contributed by atoms with E-state index in [1.807, 2.05) is 19.2 Å². The van der Waals surface area contributed by atoms with E-state index in [1.54, 1.807) is 11.3 Å². The molecule has 3 nitrogen and oxygen atoms in total. The minimum Gasteiger partial charge on any atom is -0.493 e. The zero-order chi connectivity index (χ0) is 13.5. The van der Waals surface area contributed by atoms with Gasteiger partial charge in [0.1, 0.15) is 5.75 Å². The van der Waals surface area contributed by atoms with Crippen molar-refractivity contribution in [1.82, 2.24) is 10.3 Å². The Hall–Kier alpha value is -1.39. The summed E-state index contributed by atoms with van der Waals surface area (Å²) >= 11 is 1.70. The van der Waals surface area contributed by atoms with Gasteiger partial charge in [0.25, 0.3) is 0 Å². The Balaban J connectivity index is 1.81. The average Bonchev–Trinajstić information content (AvgIpc) is 2.87. The molecule has 0 unspecified atom stereocenters. The minimum absolute atomic E-state index is 0.680. The van der Waals surface area contributed by atoms with Gasteiger partial charge in [0, 0.05) is 18.3 Å². The molecular formula is C15H20N2OS. The van der Waals surface area contributed by atoms with Gasteiger partial charge < -0.3 is 10.1 Å². The third kappa shape index (κ3) is 4.33. The van der Waals surface area contributed by atoms with Crippen LogP contribution in [0.25, 0.3) is 0 Å². The maximum Gasteiger partial charge on any atom is 0.119 e. The second kappa shape index (κ2) is 7.26. The maximum absolute atomic E-state index is 5.77. The van der Waals surface area contributed by atoms with Gasteiger partial charge in [-0.15, -0.1) is 11.3 Å². The molecule has 0 aliphatic carbocycles. The Bertz CT molecular complexity index is 510. The van der Waals surface area contributed by atoms with Gasteiger partial charge in [-0.1, -0.05) is 19.1 Å². The van der Waals surface area contributed by atoms with Crippen molar-refractivity contribution in [3.8, 4) is 5.75 Å². The molecule has 0 atom stereocenters. The van der Waals surface area contributed by atoms with Crippen molar-refractivity contribution >= 4 is 11.3 Å². The van der Waals surface area contributed by atoms with Gasteiger partial charge in [-0.25, -0.2) is 4.98 Å². The fraction of sp³-hybridized carbons (Fsp3) is 0.400. The normalized spacial score (nSPS) is 10.6. The number of hydrogen-bond acceptors (Lipinski definition) is 4. The molecule has 0 amide bonds. The fourth-order valence-corrected chi connectivity index (χ4v) is 2.62. The summed E-state index contributed by atoms with van der Waals surface area (Å²) < 4.78 is 5.77. The Morgan fingerprint density at radius 1 is 1.37 bits per heavy atom. The van der Waals surface area contributed by atoms with Crippen LogP contribution in [0.3, 0.4) is 0 Å². The number of ether oxygens (including phenoxy) is 1. The third-order valence-corrected chi connectivity index (χ3v) is 3.81. The van der Waals surface area contributed by atoms with E-state index < -0.39 is 0 Å². The quantitative estimate of drug-likeness (QED) is 0.844. The summed E-state index contributed by atoms with van der Waals surface area (Å²) in [5.74, 6) is 0.950. The topological polar surface area (TPSA) is 34.1 Å².